The molecule has 0 bridgehead atoms. The van der Waals surface area contributed by atoms with Crippen LogP contribution < -0.4 is 11.1 Å². The van der Waals surface area contributed by atoms with E-state index in [1.54, 1.807) is 23.5 Å². The van der Waals surface area contributed by atoms with Gasteiger partial charge in [0, 0.05) is 11.1 Å². The maximum absolute atomic E-state index is 5.81. The number of aryl methyl sites for hydroxylation is 1. The van der Waals surface area contributed by atoms with Gasteiger partial charge in [-0.3, -0.25) is 0 Å². The molecule has 0 fully saturated rings. The lowest BCUT2D eigenvalue weighted by atomic mass is 10.4. The Morgan fingerprint density at radius 3 is 3.00 bits per heavy atom. The van der Waals surface area contributed by atoms with Gasteiger partial charge >= 0.3 is 0 Å². The first-order chi connectivity index (χ1) is 8.19. The molecule has 2 aromatic heterocycles. The average molecular weight is 269 g/mol. The Morgan fingerprint density at radius 2 is 2.29 bits per heavy atom. The number of nitrogen functional groups attached to an aromatic ring is 1. The van der Waals surface area contributed by atoms with Crippen LogP contribution in [0.1, 0.15) is 16.8 Å². The van der Waals surface area contributed by atoms with Gasteiger partial charge in [-0.2, -0.15) is 0 Å². The Balaban J connectivity index is 2.04. The van der Waals surface area contributed by atoms with Crippen molar-refractivity contribution in [2.24, 2.45) is 0 Å². The summed E-state index contributed by atoms with van der Waals surface area (Å²) in [6.45, 7) is 2.73. The van der Waals surface area contributed by atoms with Crippen molar-refractivity contribution in [2.75, 3.05) is 11.1 Å². The SMILES string of the molecule is CCc1cnc(CNc2nc(Cl)ccc2N)s1. The van der Waals surface area contributed by atoms with Gasteiger partial charge in [-0.15, -0.1) is 11.3 Å². The molecule has 0 aliphatic carbocycles. The summed E-state index contributed by atoms with van der Waals surface area (Å²) in [7, 11) is 0. The zero-order valence-corrected chi connectivity index (χ0v) is 11.0. The molecular weight excluding hydrogens is 256 g/mol. The second kappa shape index (κ2) is 5.33. The molecule has 0 radical (unpaired) electrons. The number of rotatable bonds is 4. The fourth-order valence-electron chi connectivity index (χ4n) is 1.34. The molecule has 0 aliphatic heterocycles. The molecule has 0 saturated heterocycles. The maximum atomic E-state index is 5.81. The van der Waals surface area contributed by atoms with Gasteiger partial charge in [0.15, 0.2) is 5.82 Å². The normalized spacial score (nSPS) is 10.5. The molecule has 0 unspecified atom stereocenters. The lowest BCUT2D eigenvalue weighted by Gasteiger charge is -2.06. The van der Waals surface area contributed by atoms with E-state index in [0.29, 0.717) is 23.2 Å². The van der Waals surface area contributed by atoms with Gasteiger partial charge in [0.25, 0.3) is 0 Å². The molecule has 2 heterocycles. The van der Waals surface area contributed by atoms with Crippen LogP contribution in [0.2, 0.25) is 5.15 Å². The number of aromatic nitrogens is 2. The molecule has 0 atom stereocenters. The number of halogens is 1. The molecule has 0 spiro atoms. The van der Waals surface area contributed by atoms with E-state index in [0.717, 1.165) is 11.4 Å². The van der Waals surface area contributed by atoms with Gasteiger partial charge in [0.2, 0.25) is 0 Å². The highest BCUT2D eigenvalue weighted by Gasteiger charge is 2.04. The van der Waals surface area contributed by atoms with Crippen LogP contribution in [0.3, 0.4) is 0 Å². The van der Waals surface area contributed by atoms with Crippen molar-refractivity contribution in [3.8, 4) is 0 Å². The molecule has 4 nitrogen and oxygen atoms in total. The first-order valence-electron chi connectivity index (χ1n) is 5.28. The monoisotopic (exact) mass is 268 g/mol. The number of anilines is 2. The Morgan fingerprint density at radius 1 is 1.47 bits per heavy atom. The summed E-state index contributed by atoms with van der Waals surface area (Å²) in [5.41, 5.74) is 6.37. The molecule has 6 heteroatoms. The van der Waals surface area contributed by atoms with Crippen molar-refractivity contribution < 1.29 is 0 Å². The summed E-state index contributed by atoms with van der Waals surface area (Å²) >= 11 is 7.49. The third-order valence-electron chi connectivity index (χ3n) is 2.25. The fraction of sp³-hybridized carbons (Fsp3) is 0.273. The Hall–Kier alpha value is -1.33. The van der Waals surface area contributed by atoms with Crippen LogP contribution in [0.25, 0.3) is 0 Å². The van der Waals surface area contributed by atoms with E-state index in [9.17, 15) is 0 Å². The molecule has 0 saturated carbocycles. The van der Waals surface area contributed by atoms with Crippen molar-refractivity contribution >= 4 is 34.4 Å². The van der Waals surface area contributed by atoms with E-state index in [-0.39, 0.29) is 0 Å². The van der Waals surface area contributed by atoms with Crippen LogP contribution >= 0.6 is 22.9 Å². The fourth-order valence-corrected chi connectivity index (χ4v) is 2.29. The van der Waals surface area contributed by atoms with Crippen molar-refractivity contribution in [3.63, 3.8) is 0 Å². The Labute approximate surface area is 109 Å². The summed E-state index contributed by atoms with van der Waals surface area (Å²) in [4.78, 5) is 9.70. The smallest absolute Gasteiger partial charge is 0.151 e. The minimum absolute atomic E-state index is 0.426. The highest BCUT2D eigenvalue weighted by molar-refractivity contribution is 7.11. The zero-order valence-electron chi connectivity index (χ0n) is 9.40. The molecule has 0 aliphatic rings. The van der Waals surface area contributed by atoms with Crippen molar-refractivity contribution in [2.45, 2.75) is 19.9 Å². The highest BCUT2D eigenvalue weighted by Crippen LogP contribution is 2.20. The van der Waals surface area contributed by atoms with Gasteiger partial charge in [0.05, 0.1) is 12.2 Å². The number of nitrogens with zero attached hydrogens (tertiary/aromatic N) is 2. The second-order valence-corrected chi connectivity index (χ2v) is 5.09. The average Bonchev–Trinajstić information content (AvgIpc) is 2.78. The van der Waals surface area contributed by atoms with E-state index in [2.05, 4.69) is 22.2 Å². The lowest BCUT2D eigenvalue weighted by Crippen LogP contribution is -2.04. The topological polar surface area (TPSA) is 63.8 Å². The second-order valence-electron chi connectivity index (χ2n) is 3.50. The van der Waals surface area contributed by atoms with E-state index in [1.807, 2.05) is 6.20 Å². The lowest BCUT2D eigenvalue weighted by molar-refractivity contribution is 1.07. The van der Waals surface area contributed by atoms with Gasteiger partial charge in [0.1, 0.15) is 10.2 Å². The van der Waals surface area contributed by atoms with E-state index < -0.39 is 0 Å². The standard InChI is InChI=1S/C11H13ClN4S/c1-2-7-5-14-10(17-7)6-15-11-8(13)3-4-9(12)16-11/h3-5H,2,6,13H2,1H3,(H,15,16). The summed E-state index contributed by atoms with van der Waals surface area (Å²) in [5.74, 6) is 0.603. The van der Waals surface area contributed by atoms with Gasteiger partial charge in [-0.05, 0) is 18.6 Å². The number of hydrogen-bond donors (Lipinski definition) is 2. The van der Waals surface area contributed by atoms with Crippen LogP contribution in [0.4, 0.5) is 11.5 Å². The Kier molecular flexibility index (Phi) is 3.81. The number of thiazole rings is 1. The predicted molar refractivity (Wildman–Crippen MR) is 72.5 cm³/mol. The van der Waals surface area contributed by atoms with Crippen molar-refractivity contribution in [1.29, 1.82) is 0 Å². The van der Waals surface area contributed by atoms with Gasteiger partial charge in [-0.25, -0.2) is 9.97 Å². The van der Waals surface area contributed by atoms with Gasteiger partial charge < -0.3 is 11.1 Å². The summed E-state index contributed by atoms with van der Waals surface area (Å²) in [6.07, 6.45) is 2.91. The summed E-state index contributed by atoms with van der Waals surface area (Å²) in [6, 6.07) is 3.40. The van der Waals surface area contributed by atoms with Crippen LogP contribution in [0.15, 0.2) is 18.3 Å². The highest BCUT2D eigenvalue weighted by atomic mass is 35.5. The molecule has 3 N–H and O–H groups in total. The van der Waals surface area contributed by atoms with Gasteiger partial charge in [-0.1, -0.05) is 18.5 Å². The number of nitrogens with two attached hydrogens (primary N) is 1. The van der Waals surface area contributed by atoms with E-state index >= 15 is 0 Å². The maximum Gasteiger partial charge on any atom is 0.151 e. The van der Waals surface area contributed by atoms with E-state index in [1.165, 1.54) is 4.88 Å². The summed E-state index contributed by atoms with van der Waals surface area (Å²) in [5, 5.41) is 4.58. The minimum atomic E-state index is 0.426. The number of pyridine rings is 1. The van der Waals surface area contributed by atoms with Crippen LogP contribution in [0, 0.1) is 0 Å². The molecule has 17 heavy (non-hydrogen) atoms. The first kappa shape index (κ1) is 12.1. The van der Waals surface area contributed by atoms with Crippen molar-refractivity contribution in [1.82, 2.24) is 9.97 Å². The van der Waals surface area contributed by atoms with Crippen LogP contribution in [-0.4, -0.2) is 9.97 Å². The van der Waals surface area contributed by atoms with Crippen LogP contribution in [0.5, 0.6) is 0 Å². The van der Waals surface area contributed by atoms with Crippen LogP contribution in [-0.2, 0) is 13.0 Å². The minimum Gasteiger partial charge on any atom is -0.396 e. The third-order valence-corrected chi connectivity index (χ3v) is 3.60. The van der Waals surface area contributed by atoms with Crippen molar-refractivity contribution in [3.05, 3.63) is 33.4 Å². The quantitative estimate of drug-likeness (QED) is 0.837. The first-order valence-corrected chi connectivity index (χ1v) is 6.48. The molecule has 2 aromatic rings. The zero-order chi connectivity index (χ0) is 12.3. The molecule has 2 rings (SSSR count). The summed E-state index contributed by atoms with van der Waals surface area (Å²) < 4.78 is 0. The molecular formula is C11H13ClN4S. The third kappa shape index (κ3) is 3.08. The van der Waals surface area contributed by atoms with E-state index in [4.69, 9.17) is 17.3 Å². The number of hydrogen-bond acceptors (Lipinski definition) is 5. The molecule has 90 valence electrons. The predicted octanol–water partition coefficient (Wildman–Crippen LogP) is 2.95. The molecule has 0 amide bonds. The Bertz CT molecular complexity index is 512. The molecule has 0 aromatic carbocycles. The number of nitrogens with one attached hydrogen (secondary N) is 1. The largest absolute Gasteiger partial charge is 0.396 e.